The van der Waals surface area contributed by atoms with E-state index in [1.807, 2.05) is 0 Å². The zero-order chi connectivity index (χ0) is 20.2. The lowest BCUT2D eigenvalue weighted by molar-refractivity contribution is -0.385. The van der Waals surface area contributed by atoms with Gasteiger partial charge >= 0.3 is 0 Å². The Labute approximate surface area is 166 Å². The number of nitro groups is 1. The zero-order valence-electron chi connectivity index (χ0n) is 15.5. The number of nitrogens with one attached hydrogen (secondary N) is 1. The largest absolute Gasteiger partial charge is 0.490 e. The first kappa shape index (κ1) is 18.7. The minimum absolute atomic E-state index is 0.00424. The van der Waals surface area contributed by atoms with Crippen LogP contribution in [-0.2, 0) is 0 Å². The van der Waals surface area contributed by atoms with Crippen LogP contribution in [0.4, 0.5) is 5.69 Å². The third kappa shape index (κ3) is 4.29. The molecule has 0 aromatic heterocycles. The number of ether oxygens (including phenoxy) is 3. The fraction of sp³-hybridized carbons (Fsp3) is 0.300. The summed E-state index contributed by atoms with van der Waals surface area (Å²) in [4.78, 5) is 22.9. The van der Waals surface area contributed by atoms with E-state index >= 15 is 0 Å². The van der Waals surface area contributed by atoms with Crippen molar-refractivity contribution in [1.29, 1.82) is 0 Å². The predicted octanol–water partition coefficient (Wildman–Crippen LogP) is 3.41. The number of nitro benzene ring substituents is 1. The fourth-order valence-electron chi connectivity index (χ4n) is 3.32. The van der Waals surface area contributed by atoms with Gasteiger partial charge in [0.15, 0.2) is 11.5 Å². The Morgan fingerprint density at radius 3 is 2.55 bits per heavy atom. The fourth-order valence-corrected chi connectivity index (χ4v) is 3.32. The van der Waals surface area contributed by atoms with Crippen LogP contribution in [0.3, 0.4) is 0 Å². The Kier molecular flexibility index (Phi) is 5.28. The number of hydrazone groups is 1. The maximum atomic E-state index is 12.3. The van der Waals surface area contributed by atoms with Crippen LogP contribution < -0.4 is 19.6 Å². The summed E-state index contributed by atoms with van der Waals surface area (Å²) in [5.41, 5.74) is 2.77. The molecule has 29 heavy (non-hydrogen) atoms. The van der Waals surface area contributed by atoms with Gasteiger partial charge in [-0.1, -0.05) is 0 Å². The van der Waals surface area contributed by atoms with Crippen molar-refractivity contribution in [2.24, 2.45) is 5.10 Å². The zero-order valence-corrected chi connectivity index (χ0v) is 15.5. The second kappa shape index (κ2) is 8.17. The van der Waals surface area contributed by atoms with Crippen LogP contribution in [0.2, 0.25) is 0 Å². The van der Waals surface area contributed by atoms with Crippen molar-refractivity contribution in [2.75, 3.05) is 6.79 Å². The molecule has 1 fully saturated rings. The second-order valence-electron chi connectivity index (χ2n) is 6.77. The molecule has 0 saturated heterocycles. The van der Waals surface area contributed by atoms with Crippen molar-refractivity contribution in [2.45, 2.75) is 31.8 Å². The lowest BCUT2D eigenvalue weighted by Gasteiger charge is -2.13. The van der Waals surface area contributed by atoms with Crippen LogP contribution in [-0.4, -0.2) is 29.9 Å². The highest BCUT2D eigenvalue weighted by Gasteiger charge is 2.22. The summed E-state index contributed by atoms with van der Waals surface area (Å²) in [6.07, 6.45) is 5.94. The Morgan fingerprint density at radius 2 is 1.86 bits per heavy atom. The molecule has 1 aliphatic carbocycles. The highest BCUT2D eigenvalue weighted by Crippen LogP contribution is 2.37. The molecule has 9 heteroatoms. The van der Waals surface area contributed by atoms with E-state index in [9.17, 15) is 14.9 Å². The Morgan fingerprint density at radius 1 is 1.17 bits per heavy atom. The van der Waals surface area contributed by atoms with Crippen molar-refractivity contribution in [3.63, 3.8) is 0 Å². The maximum Gasteiger partial charge on any atom is 0.282 e. The van der Waals surface area contributed by atoms with Crippen LogP contribution in [0.5, 0.6) is 17.2 Å². The van der Waals surface area contributed by atoms with E-state index in [-0.39, 0.29) is 24.1 Å². The molecule has 2 aliphatic rings. The van der Waals surface area contributed by atoms with Crippen molar-refractivity contribution >= 4 is 17.8 Å². The smallest absolute Gasteiger partial charge is 0.282 e. The quantitative estimate of drug-likeness (QED) is 0.454. The number of rotatable bonds is 6. The maximum absolute atomic E-state index is 12.3. The van der Waals surface area contributed by atoms with Gasteiger partial charge in [-0.05, 0) is 56.0 Å². The molecule has 0 bridgehead atoms. The number of hydrogen-bond acceptors (Lipinski definition) is 7. The van der Waals surface area contributed by atoms with Gasteiger partial charge in [0.1, 0.15) is 5.75 Å². The first-order valence-electron chi connectivity index (χ1n) is 9.28. The lowest BCUT2D eigenvalue weighted by atomic mass is 10.1. The number of carbonyl (C=O) groups is 1. The second-order valence-corrected chi connectivity index (χ2v) is 6.77. The van der Waals surface area contributed by atoms with Crippen molar-refractivity contribution < 1.29 is 23.9 Å². The molecule has 0 atom stereocenters. The summed E-state index contributed by atoms with van der Waals surface area (Å²) in [7, 11) is 0. The van der Waals surface area contributed by atoms with E-state index < -0.39 is 10.8 Å². The Bertz CT molecular complexity index is 951. The normalized spacial score (nSPS) is 15.6. The van der Waals surface area contributed by atoms with Gasteiger partial charge in [0, 0.05) is 5.56 Å². The van der Waals surface area contributed by atoms with Crippen LogP contribution >= 0.6 is 0 Å². The van der Waals surface area contributed by atoms with Crippen molar-refractivity contribution in [1.82, 2.24) is 5.43 Å². The molecule has 1 heterocycles. The summed E-state index contributed by atoms with van der Waals surface area (Å²) >= 11 is 0. The summed E-state index contributed by atoms with van der Waals surface area (Å²) < 4.78 is 16.2. The molecule has 4 rings (SSSR count). The average Bonchev–Trinajstić information content (AvgIpc) is 3.39. The van der Waals surface area contributed by atoms with E-state index in [0.717, 1.165) is 18.6 Å². The van der Waals surface area contributed by atoms with Gasteiger partial charge in [0.05, 0.1) is 28.9 Å². The van der Waals surface area contributed by atoms with E-state index in [2.05, 4.69) is 10.5 Å². The molecule has 1 amide bonds. The highest BCUT2D eigenvalue weighted by molar-refractivity contribution is 5.95. The molecular weight excluding hydrogens is 378 g/mol. The van der Waals surface area contributed by atoms with Crippen molar-refractivity contribution in [3.8, 4) is 17.2 Å². The molecule has 0 unspecified atom stereocenters. The minimum Gasteiger partial charge on any atom is -0.490 e. The van der Waals surface area contributed by atoms with Crippen LogP contribution in [0.1, 0.15) is 41.6 Å². The molecular formula is C20H19N3O6. The number of hydrogen-bond donors (Lipinski definition) is 1. The molecule has 1 aliphatic heterocycles. The standard InChI is InChI=1S/C20H19N3O6/c24-20(13-5-7-16(8-6-13)29-15-3-1-2-4-15)22-21-11-14-9-18-19(28-12-27-18)10-17(14)23(25)26/h5-11,15H,1-4,12H2,(H,22,24). The molecule has 150 valence electrons. The first-order valence-corrected chi connectivity index (χ1v) is 9.28. The van der Waals surface area contributed by atoms with E-state index in [4.69, 9.17) is 14.2 Å². The lowest BCUT2D eigenvalue weighted by Crippen LogP contribution is -2.17. The van der Waals surface area contributed by atoms with Gasteiger partial charge in [-0.3, -0.25) is 14.9 Å². The number of fused-ring (bicyclic) bond motifs is 1. The number of benzene rings is 2. The average molecular weight is 397 g/mol. The molecule has 2 aromatic carbocycles. The monoisotopic (exact) mass is 397 g/mol. The van der Waals surface area contributed by atoms with Crippen LogP contribution in [0, 0.1) is 10.1 Å². The number of nitrogens with zero attached hydrogens (tertiary/aromatic N) is 2. The highest BCUT2D eigenvalue weighted by atomic mass is 16.7. The molecule has 0 spiro atoms. The Balaban J connectivity index is 1.40. The van der Waals surface area contributed by atoms with Gasteiger partial charge in [-0.25, -0.2) is 5.43 Å². The van der Waals surface area contributed by atoms with Gasteiger partial charge < -0.3 is 14.2 Å². The van der Waals surface area contributed by atoms with Gasteiger partial charge in [0.2, 0.25) is 6.79 Å². The SMILES string of the molecule is O=C(NN=Cc1cc2c(cc1[N+](=O)[O-])OCO2)c1ccc(OC2CCCC2)cc1. The van der Waals surface area contributed by atoms with Gasteiger partial charge in [-0.15, -0.1) is 0 Å². The predicted molar refractivity (Wildman–Crippen MR) is 104 cm³/mol. The minimum atomic E-state index is -0.547. The van der Waals surface area contributed by atoms with Crippen LogP contribution in [0.15, 0.2) is 41.5 Å². The van der Waals surface area contributed by atoms with E-state index in [1.54, 1.807) is 24.3 Å². The molecule has 9 nitrogen and oxygen atoms in total. The van der Waals surface area contributed by atoms with E-state index in [1.165, 1.54) is 31.2 Å². The van der Waals surface area contributed by atoms with Gasteiger partial charge in [0.25, 0.3) is 11.6 Å². The molecule has 2 aromatic rings. The van der Waals surface area contributed by atoms with Gasteiger partial charge in [-0.2, -0.15) is 5.10 Å². The third-order valence-corrected chi connectivity index (χ3v) is 4.81. The summed E-state index contributed by atoms with van der Waals surface area (Å²) in [5.74, 6) is 0.990. The summed E-state index contributed by atoms with van der Waals surface area (Å²) in [5, 5.41) is 15.1. The van der Waals surface area contributed by atoms with Crippen molar-refractivity contribution in [3.05, 3.63) is 57.6 Å². The molecule has 1 N–H and O–H groups in total. The number of carbonyl (C=O) groups excluding carboxylic acids is 1. The summed E-state index contributed by atoms with van der Waals surface area (Å²) in [6, 6.07) is 9.52. The first-order chi connectivity index (χ1) is 14.1. The van der Waals surface area contributed by atoms with Crippen LogP contribution in [0.25, 0.3) is 0 Å². The Hall–Kier alpha value is -3.62. The number of amides is 1. The third-order valence-electron chi connectivity index (χ3n) is 4.81. The molecule has 1 saturated carbocycles. The molecule has 0 radical (unpaired) electrons. The summed E-state index contributed by atoms with van der Waals surface area (Å²) in [6.45, 7) is 0.00424. The topological polar surface area (TPSA) is 112 Å². The van der Waals surface area contributed by atoms with E-state index in [0.29, 0.717) is 17.1 Å².